The summed E-state index contributed by atoms with van der Waals surface area (Å²) < 4.78 is 14.2. The number of aromatic nitrogens is 3. The zero-order chi connectivity index (χ0) is 22.3. The van der Waals surface area contributed by atoms with Crippen molar-refractivity contribution in [2.45, 2.75) is 24.1 Å². The highest BCUT2D eigenvalue weighted by molar-refractivity contribution is 9.10. The molecule has 4 rings (SSSR count). The van der Waals surface area contributed by atoms with Crippen LogP contribution in [-0.4, -0.2) is 22.0 Å². The van der Waals surface area contributed by atoms with E-state index in [-0.39, 0.29) is 0 Å². The number of hydrogen-bond acceptors (Lipinski definition) is 7. The SMILES string of the molecule is COc1cc(CNn2cnnc2SCc2ccc(Cl)cc2)cc(Br)c1OCc1cccs1. The average molecular weight is 552 g/mol. The molecule has 0 bridgehead atoms. The fourth-order valence-corrected chi connectivity index (χ4v) is 5.08. The zero-order valence-electron chi connectivity index (χ0n) is 17.1. The fourth-order valence-electron chi connectivity index (χ4n) is 2.89. The van der Waals surface area contributed by atoms with Crippen molar-refractivity contribution < 1.29 is 9.47 Å². The van der Waals surface area contributed by atoms with Crippen molar-refractivity contribution in [1.82, 2.24) is 14.9 Å². The minimum Gasteiger partial charge on any atom is -0.493 e. The third kappa shape index (κ3) is 5.98. The maximum atomic E-state index is 5.99. The Bertz CT molecular complexity index is 1150. The van der Waals surface area contributed by atoms with Crippen molar-refractivity contribution >= 4 is 50.6 Å². The molecule has 0 radical (unpaired) electrons. The molecule has 0 aliphatic rings. The highest BCUT2D eigenvalue weighted by Gasteiger charge is 2.13. The predicted octanol–water partition coefficient (Wildman–Crippen LogP) is 6.38. The van der Waals surface area contributed by atoms with Crippen LogP contribution in [0.4, 0.5) is 0 Å². The van der Waals surface area contributed by atoms with E-state index in [1.54, 1.807) is 36.5 Å². The minimum atomic E-state index is 0.499. The van der Waals surface area contributed by atoms with Gasteiger partial charge in [-0.15, -0.1) is 21.5 Å². The molecule has 32 heavy (non-hydrogen) atoms. The van der Waals surface area contributed by atoms with Gasteiger partial charge in [-0.05, 0) is 62.8 Å². The summed E-state index contributed by atoms with van der Waals surface area (Å²) in [7, 11) is 1.64. The summed E-state index contributed by atoms with van der Waals surface area (Å²) in [6.45, 7) is 1.06. The average Bonchev–Trinajstić information content (AvgIpc) is 3.48. The maximum Gasteiger partial charge on any atom is 0.210 e. The molecule has 0 unspecified atom stereocenters. The number of nitrogens with one attached hydrogen (secondary N) is 1. The van der Waals surface area contributed by atoms with Gasteiger partial charge in [0.05, 0.1) is 18.1 Å². The van der Waals surface area contributed by atoms with E-state index in [1.807, 2.05) is 58.6 Å². The molecule has 6 nitrogen and oxygen atoms in total. The van der Waals surface area contributed by atoms with Crippen LogP contribution in [0.5, 0.6) is 11.5 Å². The van der Waals surface area contributed by atoms with E-state index in [0.29, 0.717) is 24.7 Å². The first-order chi connectivity index (χ1) is 15.6. The van der Waals surface area contributed by atoms with Crippen molar-refractivity contribution in [2.75, 3.05) is 12.5 Å². The number of hydrogen-bond donors (Lipinski definition) is 1. The van der Waals surface area contributed by atoms with Crippen molar-refractivity contribution in [1.29, 1.82) is 0 Å². The van der Waals surface area contributed by atoms with Gasteiger partial charge in [0.2, 0.25) is 5.16 Å². The van der Waals surface area contributed by atoms with Gasteiger partial charge in [-0.25, -0.2) is 4.68 Å². The van der Waals surface area contributed by atoms with Crippen molar-refractivity contribution in [2.24, 2.45) is 0 Å². The Morgan fingerprint density at radius 2 is 2.03 bits per heavy atom. The standard InChI is InChI=1S/C22H20BrClN4O2S2/c1-29-20-10-16(9-19(23)21(20)30-12-18-3-2-8-31-18)11-26-28-14-25-27-22(28)32-13-15-4-6-17(24)7-5-15/h2-10,14,26H,11-13H2,1H3. The van der Waals surface area contributed by atoms with E-state index >= 15 is 0 Å². The molecule has 10 heteroatoms. The maximum absolute atomic E-state index is 5.99. The highest BCUT2D eigenvalue weighted by Crippen LogP contribution is 2.37. The summed E-state index contributed by atoms with van der Waals surface area (Å²) in [5, 5.41) is 11.8. The van der Waals surface area contributed by atoms with E-state index in [9.17, 15) is 0 Å². The second-order valence-electron chi connectivity index (χ2n) is 6.71. The molecule has 2 aromatic heterocycles. The molecule has 1 N–H and O–H groups in total. The van der Waals surface area contributed by atoms with Crippen LogP contribution >= 0.6 is 50.6 Å². The number of benzene rings is 2. The van der Waals surface area contributed by atoms with Gasteiger partial charge >= 0.3 is 0 Å². The Morgan fingerprint density at radius 1 is 1.19 bits per heavy atom. The van der Waals surface area contributed by atoms with Crippen molar-refractivity contribution in [3.05, 3.63) is 85.7 Å². The van der Waals surface area contributed by atoms with Crippen LogP contribution in [0.1, 0.15) is 16.0 Å². The third-order valence-electron chi connectivity index (χ3n) is 4.48. The summed E-state index contributed by atoms with van der Waals surface area (Å²) in [5.74, 6) is 2.13. The van der Waals surface area contributed by atoms with Gasteiger partial charge in [-0.3, -0.25) is 0 Å². The van der Waals surface area contributed by atoms with Gasteiger partial charge < -0.3 is 14.9 Å². The molecule has 0 aliphatic carbocycles. The molecular weight excluding hydrogens is 532 g/mol. The monoisotopic (exact) mass is 550 g/mol. The van der Waals surface area contributed by atoms with E-state index in [2.05, 4.69) is 31.6 Å². The van der Waals surface area contributed by atoms with Crippen LogP contribution < -0.4 is 14.9 Å². The van der Waals surface area contributed by atoms with Crippen LogP contribution in [0.3, 0.4) is 0 Å². The van der Waals surface area contributed by atoms with Gasteiger partial charge in [0.15, 0.2) is 11.5 Å². The molecule has 0 amide bonds. The Morgan fingerprint density at radius 3 is 2.78 bits per heavy atom. The molecule has 2 heterocycles. The van der Waals surface area contributed by atoms with Gasteiger partial charge in [0.1, 0.15) is 12.9 Å². The van der Waals surface area contributed by atoms with Gasteiger partial charge in [-0.1, -0.05) is 41.6 Å². The molecule has 0 aliphatic heterocycles. The van der Waals surface area contributed by atoms with Crippen molar-refractivity contribution in [3.63, 3.8) is 0 Å². The quantitative estimate of drug-likeness (QED) is 0.231. The Hall–Kier alpha value is -2.20. The Labute approximate surface area is 208 Å². The van der Waals surface area contributed by atoms with Crippen LogP contribution in [0.2, 0.25) is 5.02 Å². The van der Waals surface area contributed by atoms with Crippen molar-refractivity contribution in [3.8, 4) is 11.5 Å². The normalized spacial score (nSPS) is 10.8. The largest absolute Gasteiger partial charge is 0.493 e. The van der Waals surface area contributed by atoms with Gasteiger partial charge in [-0.2, -0.15) is 0 Å². The Kier molecular flexibility index (Phi) is 7.96. The smallest absolute Gasteiger partial charge is 0.210 e. The summed E-state index contributed by atoms with van der Waals surface area (Å²) in [4.78, 5) is 1.15. The number of thioether (sulfide) groups is 1. The molecule has 166 valence electrons. The number of rotatable bonds is 10. The van der Waals surface area contributed by atoms with Crippen LogP contribution in [0, 0.1) is 0 Å². The van der Waals surface area contributed by atoms with E-state index in [1.165, 1.54) is 5.56 Å². The zero-order valence-corrected chi connectivity index (χ0v) is 21.1. The predicted molar refractivity (Wildman–Crippen MR) is 133 cm³/mol. The number of ether oxygens (including phenoxy) is 2. The first-order valence-electron chi connectivity index (χ1n) is 9.65. The number of nitrogens with zero attached hydrogens (tertiary/aromatic N) is 3. The topological polar surface area (TPSA) is 61.2 Å². The van der Waals surface area contributed by atoms with E-state index < -0.39 is 0 Å². The number of halogens is 2. The highest BCUT2D eigenvalue weighted by atomic mass is 79.9. The number of methoxy groups -OCH3 is 1. The molecule has 0 atom stereocenters. The summed E-state index contributed by atoms with van der Waals surface area (Å²) in [6, 6.07) is 15.8. The second-order valence-corrected chi connectivity index (χ2v) is 9.98. The fraction of sp³-hybridized carbons (Fsp3) is 0.182. The number of thiophene rings is 1. The first-order valence-corrected chi connectivity index (χ1v) is 12.7. The molecule has 2 aromatic carbocycles. The van der Waals surface area contributed by atoms with Gasteiger partial charge in [0, 0.05) is 15.7 Å². The molecule has 0 fully saturated rings. The van der Waals surface area contributed by atoms with Gasteiger partial charge in [0.25, 0.3) is 0 Å². The lowest BCUT2D eigenvalue weighted by atomic mass is 10.2. The molecule has 0 saturated carbocycles. The summed E-state index contributed by atoms with van der Waals surface area (Å²) in [5.41, 5.74) is 5.54. The first kappa shape index (κ1) is 23.0. The molecule has 0 saturated heterocycles. The van der Waals surface area contributed by atoms with E-state index in [0.717, 1.165) is 30.8 Å². The lowest BCUT2D eigenvalue weighted by Gasteiger charge is -2.15. The molecular formula is C22H20BrClN4O2S2. The summed E-state index contributed by atoms with van der Waals surface area (Å²) >= 11 is 12.8. The van der Waals surface area contributed by atoms with E-state index in [4.69, 9.17) is 21.1 Å². The van der Waals surface area contributed by atoms with Crippen LogP contribution in [0.15, 0.2) is 69.9 Å². The lowest BCUT2D eigenvalue weighted by molar-refractivity contribution is 0.285. The molecule has 0 spiro atoms. The molecule has 4 aromatic rings. The van der Waals surface area contributed by atoms with Crippen LogP contribution in [0.25, 0.3) is 0 Å². The van der Waals surface area contributed by atoms with Crippen LogP contribution in [-0.2, 0) is 18.9 Å². The second kappa shape index (κ2) is 11.1. The Balaban J connectivity index is 1.39. The summed E-state index contributed by atoms with van der Waals surface area (Å²) in [6.07, 6.45) is 1.66. The third-order valence-corrected chi connectivity index (χ3v) is 7.18. The lowest BCUT2D eigenvalue weighted by Crippen LogP contribution is -2.14. The minimum absolute atomic E-state index is 0.499.